The minimum atomic E-state index is -0.850. The first-order valence-corrected chi connectivity index (χ1v) is 4.91. The summed E-state index contributed by atoms with van der Waals surface area (Å²) < 4.78 is 12.7. The number of hydrogen-bond donors (Lipinski definition) is 2. The van der Waals surface area contributed by atoms with Crippen LogP contribution in [0.2, 0.25) is 0 Å². The standard InChI is InChI=1S/C9H15FN2O/c10-7-3-8(11-5-7)9(13)12-4-6-1-2-6/h6-8,11H,1-5H2,(H,12,13). The largest absolute Gasteiger partial charge is 0.354 e. The maximum Gasteiger partial charge on any atom is 0.237 e. The van der Waals surface area contributed by atoms with Crippen molar-refractivity contribution in [2.45, 2.75) is 31.5 Å². The van der Waals surface area contributed by atoms with Crippen LogP contribution >= 0.6 is 0 Å². The van der Waals surface area contributed by atoms with Crippen LogP contribution in [0.25, 0.3) is 0 Å². The van der Waals surface area contributed by atoms with Crippen LogP contribution < -0.4 is 10.6 Å². The molecule has 3 nitrogen and oxygen atoms in total. The third kappa shape index (κ3) is 2.40. The molecule has 0 bridgehead atoms. The number of carbonyl (C=O) groups excluding carboxylic acids is 1. The Morgan fingerprint density at radius 2 is 2.31 bits per heavy atom. The number of rotatable bonds is 3. The minimum Gasteiger partial charge on any atom is -0.354 e. The third-order valence-corrected chi connectivity index (χ3v) is 2.66. The van der Waals surface area contributed by atoms with Crippen LogP contribution in [0.3, 0.4) is 0 Å². The monoisotopic (exact) mass is 186 g/mol. The Kier molecular flexibility index (Phi) is 2.49. The van der Waals surface area contributed by atoms with E-state index in [0.29, 0.717) is 18.9 Å². The van der Waals surface area contributed by atoms with Gasteiger partial charge in [0.1, 0.15) is 6.17 Å². The summed E-state index contributed by atoms with van der Waals surface area (Å²) in [7, 11) is 0. The Balaban J connectivity index is 1.69. The van der Waals surface area contributed by atoms with Gasteiger partial charge in [-0.05, 0) is 18.8 Å². The number of halogens is 1. The van der Waals surface area contributed by atoms with Gasteiger partial charge in [-0.25, -0.2) is 4.39 Å². The zero-order valence-corrected chi connectivity index (χ0v) is 7.55. The molecule has 2 fully saturated rings. The van der Waals surface area contributed by atoms with Gasteiger partial charge in [-0.3, -0.25) is 4.79 Å². The predicted octanol–water partition coefficient (Wildman–Crippen LogP) is 0.213. The minimum absolute atomic E-state index is 0.0351. The molecule has 1 aliphatic carbocycles. The number of alkyl halides is 1. The molecular formula is C9H15FN2O. The molecule has 0 aromatic carbocycles. The Bertz CT molecular complexity index is 206. The van der Waals surface area contributed by atoms with E-state index in [2.05, 4.69) is 10.6 Å². The Morgan fingerprint density at radius 3 is 2.85 bits per heavy atom. The summed E-state index contributed by atoms with van der Waals surface area (Å²) in [6.45, 7) is 1.09. The SMILES string of the molecule is O=C(NCC1CC1)C1CC(F)CN1. The van der Waals surface area contributed by atoms with E-state index in [1.807, 2.05) is 0 Å². The number of carbonyl (C=O) groups is 1. The molecule has 0 aromatic rings. The van der Waals surface area contributed by atoms with E-state index >= 15 is 0 Å². The highest BCUT2D eigenvalue weighted by Gasteiger charge is 2.30. The smallest absolute Gasteiger partial charge is 0.237 e. The van der Waals surface area contributed by atoms with Crippen molar-refractivity contribution >= 4 is 5.91 Å². The molecule has 1 aliphatic heterocycles. The number of hydrogen-bond acceptors (Lipinski definition) is 2. The van der Waals surface area contributed by atoms with E-state index in [4.69, 9.17) is 0 Å². The van der Waals surface area contributed by atoms with Crippen LogP contribution in [0.15, 0.2) is 0 Å². The normalized spacial score (nSPS) is 33.3. The topological polar surface area (TPSA) is 41.1 Å². The van der Waals surface area contributed by atoms with Crippen molar-refractivity contribution in [1.29, 1.82) is 0 Å². The molecule has 0 radical (unpaired) electrons. The molecule has 74 valence electrons. The summed E-state index contributed by atoms with van der Waals surface area (Å²) in [5.74, 6) is 0.651. The predicted molar refractivity (Wildman–Crippen MR) is 47.0 cm³/mol. The number of amides is 1. The molecule has 2 rings (SSSR count). The van der Waals surface area contributed by atoms with Crippen LogP contribution in [0.1, 0.15) is 19.3 Å². The van der Waals surface area contributed by atoms with Crippen LogP contribution in [-0.2, 0) is 4.79 Å². The van der Waals surface area contributed by atoms with Gasteiger partial charge < -0.3 is 10.6 Å². The Morgan fingerprint density at radius 1 is 1.54 bits per heavy atom. The average Bonchev–Trinajstić information content (AvgIpc) is 2.84. The summed E-state index contributed by atoms with van der Waals surface area (Å²) in [4.78, 5) is 11.4. The van der Waals surface area contributed by atoms with Crippen molar-refractivity contribution in [3.8, 4) is 0 Å². The second kappa shape index (κ2) is 3.62. The van der Waals surface area contributed by atoms with Crippen LogP contribution in [0.5, 0.6) is 0 Å². The van der Waals surface area contributed by atoms with Crippen molar-refractivity contribution in [2.24, 2.45) is 5.92 Å². The van der Waals surface area contributed by atoms with Gasteiger partial charge in [0.05, 0.1) is 6.04 Å². The molecule has 1 saturated carbocycles. The lowest BCUT2D eigenvalue weighted by Gasteiger charge is -2.09. The van der Waals surface area contributed by atoms with Crippen molar-refractivity contribution in [2.75, 3.05) is 13.1 Å². The molecule has 1 saturated heterocycles. The van der Waals surface area contributed by atoms with E-state index in [9.17, 15) is 9.18 Å². The lowest BCUT2D eigenvalue weighted by Crippen LogP contribution is -2.41. The molecule has 2 aliphatic rings. The molecule has 2 unspecified atom stereocenters. The van der Waals surface area contributed by atoms with E-state index in [-0.39, 0.29) is 11.9 Å². The zero-order chi connectivity index (χ0) is 9.26. The molecule has 0 aromatic heterocycles. The Hall–Kier alpha value is -0.640. The Labute approximate surface area is 77.1 Å². The second-order valence-corrected chi connectivity index (χ2v) is 3.98. The first kappa shape index (κ1) is 8.94. The molecule has 1 amide bonds. The highest BCUT2D eigenvalue weighted by atomic mass is 19.1. The molecule has 2 N–H and O–H groups in total. The first-order valence-electron chi connectivity index (χ1n) is 4.91. The van der Waals surface area contributed by atoms with Gasteiger partial charge in [0.25, 0.3) is 0 Å². The number of nitrogens with one attached hydrogen (secondary N) is 2. The zero-order valence-electron chi connectivity index (χ0n) is 7.55. The van der Waals surface area contributed by atoms with Crippen LogP contribution in [0.4, 0.5) is 4.39 Å². The lowest BCUT2D eigenvalue weighted by molar-refractivity contribution is -0.122. The summed E-state index contributed by atoms with van der Waals surface area (Å²) >= 11 is 0. The first-order chi connectivity index (χ1) is 6.25. The third-order valence-electron chi connectivity index (χ3n) is 2.66. The van der Waals surface area contributed by atoms with Gasteiger partial charge in [0.2, 0.25) is 5.91 Å². The van der Waals surface area contributed by atoms with E-state index in [1.54, 1.807) is 0 Å². The molecule has 13 heavy (non-hydrogen) atoms. The van der Waals surface area contributed by atoms with E-state index in [0.717, 1.165) is 6.54 Å². The van der Waals surface area contributed by atoms with Crippen LogP contribution in [-0.4, -0.2) is 31.2 Å². The summed E-state index contributed by atoms with van der Waals surface area (Å²) in [5, 5.41) is 5.70. The molecule has 4 heteroatoms. The maximum atomic E-state index is 12.7. The maximum absolute atomic E-state index is 12.7. The van der Waals surface area contributed by atoms with E-state index in [1.165, 1.54) is 12.8 Å². The van der Waals surface area contributed by atoms with Gasteiger partial charge >= 0.3 is 0 Å². The van der Waals surface area contributed by atoms with Gasteiger partial charge in [-0.1, -0.05) is 0 Å². The van der Waals surface area contributed by atoms with Gasteiger partial charge in [-0.2, -0.15) is 0 Å². The lowest BCUT2D eigenvalue weighted by atomic mass is 10.2. The quantitative estimate of drug-likeness (QED) is 0.661. The molecule has 0 spiro atoms. The average molecular weight is 186 g/mol. The van der Waals surface area contributed by atoms with Crippen molar-refractivity contribution < 1.29 is 9.18 Å². The van der Waals surface area contributed by atoms with Gasteiger partial charge in [0.15, 0.2) is 0 Å². The van der Waals surface area contributed by atoms with E-state index < -0.39 is 6.17 Å². The fourth-order valence-electron chi connectivity index (χ4n) is 1.58. The summed E-state index contributed by atoms with van der Waals surface area (Å²) in [5.41, 5.74) is 0. The summed E-state index contributed by atoms with van der Waals surface area (Å²) in [6, 6.07) is -0.297. The van der Waals surface area contributed by atoms with Crippen molar-refractivity contribution in [1.82, 2.24) is 10.6 Å². The summed E-state index contributed by atoms with van der Waals surface area (Å²) in [6.07, 6.45) is 1.93. The molecule has 1 heterocycles. The van der Waals surface area contributed by atoms with Crippen LogP contribution in [0, 0.1) is 5.92 Å². The highest BCUT2D eigenvalue weighted by molar-refractivity contribution is 5.82. The van der Waals surface area contributed by atoms with Gasteiger partial charge in [-0.15, -0.1) is 0 Å². The fraction of sp³-hybridized carbons (Fsp3) is 0.889. The van der Waals surface area contributed by atoms with Crippen molar-refractivity contribution in [3.63, 3.8) is 0 Å². The molecule has 2 atom stereocenters. The molecular weight excluding hydrogens is 171 g/mol. The second-order valence-electron chi connectivity index (χ2n) is 3.98. The van der Waals surface area contributed by atoms with Crippen molar-refractivity contribution in [3.05, 3.63) is 0 Å². The van der Waals surface area contributed by atoms with Gasteiger partial charge in [0, 0.05) is 19.5 Å². The fourth-order valence-corrected chi connectivity index (χ4v) is 1.58. The highest BCUT2D eigenvalue weighted by Crippen LogP contribution is 2.27.